The molecule has 0 aliphatic rings. The Labute approximate surface area is 131 Å². The molecule has 0 spiro atoms. The number of rotatable bonds is 4. The quantitative estimate of drug-likeness (QED) is 0.748. The van der Waals surface area contributed by atoms with Crippen LogP contribution in [0.1, 0.15) is 11.6 Å². The summed E-state index contributed by atoms with van der Waals surface area (Å²) < 4.78 is 0.978. The van der Waals surface area contributed by atoms with Crippen molar-refractivity contribution >= 4 is 32.5 Å². The van der Waals surface area contributed by atoms with Gasteiger partial charge in [0.05, 0.1) is 18.2 Å². The van der Waals surface area contributed by atoms with Crippen molar-refractivity contribution in [3.05, 3.63) is 70.8 Å². The Kier molecular flexibility index (Phi) is 4.18. The fraction of sp³-hybridized carbons (Fsp3) is 0.118. The molecule has 1 unspecified atom stereocenters. The van der Waals surface area contributed by atoms with Gasteiger partial charge in [-0.3, -0.25) is 4.98 Å². The molecule has 1 aromatic heterocycles. The summed E-state index contributed by atoms with van der Waals surface area (Å²) in [4.78, 5) is 4.32. The van der Waals surface area contributed by atoms with E-state index in [4.69, 9.17) is 0 Å². The van der Waals surface area contributed by atoms with Crippen molar-refractivity contribution in [2.75, 3.05) is 11.9 Å². The maximum atomic E-state index is 9.71. The van der Waals surface area contributed by atoms with Crippen LogP contribution < -0.4 is 5.32 Å². The van der Waals surface area contributed by atoms with Crippen molar-refractivity contribution in [1.82, 2.24) is 4.98 Å². The molecule has 106 valence electrons. The Hall–Kier alpha value is -1.91. The number of aliphatic hydroxyl groups excluding tert-OH is 1. The summed E-state index contributed by atoms with van der Waals surface area (Å²) in [6, 6.07) is 17.7. The van der Waals surface area contributed by atoms with Gasteiger partial charge in [0.25, 0.3) is 0 Å². The van der Waals surface area contributed by atoms with Gasteiger partial charge in [-0.25, -0.2) is 0 Å². The Morgan fingerprint density at radius 1 is 1.10 bits per heavy atom. The standard InChI is InChI=1S/C17H15BrN2O/c18-14-5-1-2-6-16(14)20-17(11-21)13-7-8-15-12(10-13)4-3-9-19-15/h1-10,17,20-21H,11H2. The lowest BCUT2D eigenvalue weighted by molar-refractivity contribution is 0.276. The highest BCUT2D eigenvalue weighted by Crippen LogP contribution is 2.27. The lowest BCUT2D eigenvalue weighted by Gasteiger charge is -2.19. The summed E-state index contributed by atoms with van der Waals surface area (Å²) in [5.74, 6) is 0. The number of aliphatic hydroxyl groups is 1. The van der Waals surface area contributed by atoms with Crippen molar-refractivity contribution < 1.29 is 5.11 Å². The maximum Gasteiger partial charge on any atom is 0.0745 e. The van der Waals surface area contributed by atoms with E-state index in [0.717, 1.165) is 26.6 Å². The molecule has 0 radical (unpaired) electrons. The molecule has 21 heavy (non-hydrogen) atoms. The highest BCUT2D eigenvalue weighted by molar-refractivity contribution is 9.10. The second-order valence-corrected chi connectivity index (χ2v) is 5.67. The number of benzene rings is 2. The van der Waals surface area contributed by atoms with Crippen LogP contribution in [0.5, 0.6) is 0 Å². The fourth-order valence-corrected chi connectivity index (χ4v) is 2.71. The van der Waals surface area contributed by atoms with E-state index in [1.165, 1.54) is 0 Å². The SMILES string of the molecule is OCC(Nc1ccccc1Br)c1ccc2ncccc2c1. The number of halogens is 1. The van der Waals surface area contributed by atoms with E-state index in [1.54, 1.807) is 6.20 Å². The maximum absolute atomic E-state index is 9.71. The van der Waals surface area contributed by atoms with Gasteiger partial charge in [-0.05, 0) is 51.8 Å². The second kappa shape index (κ2) is 6.24. The lowest BCUT2D eigenvalue weighted by atomic mass is 10.0. The Morgan fingerprint density at radius 2 is 1.95 bits per heavy atom. The third-order valence-corrected chi connectivity index (χ3v) is 4.11. The number of aromatic nitrogens is 1. The fourth-order valence-electron chi connectivity index (χ4n) is 2.31. The Bertz CT molecular complexity index is 760. The van der Waals surface area contributed by atoms with E-state index in [9.17, 15) is 5.11 Å². The van der Waals surface area contributed by atoms with E-state index in [2.05, 4.69) is 32.3 Å². The molecule has 3 aromatic rings. The van der Waals surface area contributed by atoms with Gasteiger partial charge in [0.15, 0.2) is 0 Å². The highest BCUT2D eigenvalue weighted by Gasteiger charge is 2.12. The number of pyridine rings is 1. The van der Waals surface area contributed by atoms with Crippen LogP contribution >= 0.6 is 15.9 Å². The molecule has 0 aliphatic heterocycles. The molecular formula is C17H15BrN2O. The molecule has 4 heteroatoms. The lowest BCUT2D eigenvalue weighted by Crippen LogP contribution is -2.15. The zero-order valence-electron chi connectivity index (χ0n) is 11.3. The number of nitrogens with one attached hydrogen (secondary N) is 1. The van der Waals surface area contributed by atoms with Gasteiger partial charge in [-0.15, -0.1) is 0 Å². The van der Waals surface area contributed by atoms with Crippen LogP contribution in [0.3, 0.4) is 0 Å². The second-order valence-electron chi connectivity index (χ2n) is 4.81. The number of hydrogen-bond acceptors (Lipinski definition) is 3. The smallest absolute Gasteiger partial charge is 0.0745 e. The molecule has 0 fully saturated rings. The van der Waals surface area contributed by atoms with Crippen LogP contribution in [0.2, 0.25) is 0 Å². The molecule has 0 saturated heterocycles. The van der Waals surface area contributed by atoms with Crippen LogP contribution in [-0.4, -0.2) is 16.7 Å². The molecule has 0 amide bonds. The Balaban J connectivity index is 1.93. The van der Waals surface area contributed by atoms with Gasteiger partial charge in [-0.1, -0.05) is 24.3 Å². The van der Waals surface area contributed by atoms with Crippen molar-refractivity contribution in [3.8, 4) is 0 Å². The third-order valence-electron chi connectivity index (χ3n) is 3.42. The minimum atomic E-state index is -0.159. The molecule has 1 heterocycles. The van der Waals surface area contributed by atoms with Crippen LogP contribution in [-0.2, 0) is 0 Å². The summed E-state index contributed by atoms with van der Waals surface area (Å²) in [6.45, 7) is 0.0209. The molecule has 1 atom stereocenters. The van der Waals surface area contributed by atoms with Crippen molar-refractivity contribution in [1.29, 1.82) is 0 Å². The van der Waals surface area contributed by atoms with Crippen LogP contribution in [0, 0.1) is 0 Å². The topological polar surface area (TPSA) is 45.1 Å². The van der Waals surface area contributed by atoms with Gasteiger partial charge in [-0.2, -0.15) is 0 Å². The average molecular weight is 343 g/mol. The number of para-hydroxylation sites is 1. The first-order valence-corrected chi connectivity index (χ1v) is 7.54. The van der Waals surface area contributed by atoms with Crippen LogP contribution in [0.15, 0.2) is 65.3 Å². The third kappa shape index (κ3) is 3.06. The zero-order valence-corrected chi connectivity index (χ0v) is 12.9. The average Bonchev–Trinajstić information content (AvgIpc) is 2.54. The molecule has 3 rings (SSSR count). The minimum absolute atomic E-state index is 0.0209. The molecule has 2 N–H and O–H groups in total. The van der Waals surface area contributed by atoms with Crippen molar-refractivity contribution in [2.45, 2.75) is 6.04 Å². The van der Waals surface area contributed by atoms with Gasteiger partial charge in [0.2, 0.25) is 0 Å². The first-order chi connectivity index (χ1) is 10.3. The van der Waals surface area contributed by atoms with E-state index in [-0.39, 0.29) is 12.6 Å². The van der Waals surface area contributed by atoms with E-state index < -0.39 is 0 Å². The Morgan fingerprint density at radius 3 is 2.76 bits per heavy atom. The van der Waals surface area contributed by atoms with E-state index in [1.807, 2.05) is 48.5 Å². The zero-order chi connectivity index (χ0) is 14.7. The van der Waals surface area contributed by atoms with E-state index in [0.29, 0.717) is 0 Å². The van der Waals surface area contributed by atoms with Crippen LogP contribution in [0.4, 0.5) is 5.69 Å². The van der Waals surface area contributed by atoms with E-state index >= 15 is 0 Å². The monoisotopic (exact) mass is 342 g/mol. The van der Waals surface area contributed by atoms with Crippen molar-refractivity contribution in [3.63, 3.8) is 0 Å². The predicted octanol–water partition coefficient (Wildman–Crippen LogP) is 4.14. The highest BCUT2D eigenvalue weighted by atomic mass is 79.9. The normalized spacial score (nSPS) is 12.3. The summed E-state index contributed by atoms with van der Waals surface area (Å²) in [6.07, 6.45) is 1.78. The first kappa shape index (κ1) is 14.0. The van der Waals surface area contributed by atoms with Crippen molar-refractivity contribution in [2.24, 2.45) is 0 Å². The summed E-state index contributed by atoms with van der Waals surface area (Å²) >= 11 is 3.51. The molecule has 0 bridgehead atoms. The van der Waals surface area contributed by atoms with Gasteiger partial charge >= 0.3 is 0 Å². The first-order valence-electron chi connectivity index (χ1n) is 6.74. The van der Waals surface area contributed by atoms with Gasteiger partial charge in [0.1, 0.15) is 0 Å². The largest absolute Gasteiger partial charge is 0.394 e. The van der Waals surface area contributed by atoms with Gasteiger partial charge < -0.3 is 10.4 Å². The molecule has 3 nitrogen and oxygen atoms in total. The summed E-state index contributed by atoms with van der Waals surface area (Å²) in [5, 5.41) is 14.1. The van der Waals surface area contributed by atoms with Crippen LogP contribution in [0.25, 0.3) is 10.9 Å². The molecule has 0 aliphatic carbocycles. The summed E-state index contributed by atoms with van der Waals surface area (Å²) in [7, 11) is 0. The molecular weight excluding hydrogens is 328 g/mol. The van der Waals surface area contributed by atoms with Gasteiger partial charge in [0, 0.05) is 21.7 Å². The molecule has 0 saturated carbocycles. The number of hydrogen-bond donors (Lipinski definition) is 2. The molecule has 2 aromatic carbocycles. The number of anilines is 1. The predicted molar refractivity (Wildman–Crippen MR) is 89.3 cm³/mol. The number of nitrogens with zero attached hydrogens (tertiary/aromatic N) is 1. The number of fused-ring (bicyclic) bond motifs is 1. The minimum Gasteiger partial charge on any atom is -0.394 e. The summed E-state index contributed by atoms with van der Waals surface area (Å²) in [5.41, 5.74) is 2.95.